The molecule has 0 unspecified atom stereocenters. The van der Waals surface area contributed by atoms with E-state index in [4.69, 9.17) is 17.3 Å². The molecule has 7 nitrogen and oxygen atoms in total. The molecule has 0 saturated heterocycles. The van der Waals surface area contributed by atoms with Gasteiger partial charge < -0.3 is 20.2 Å². The first-order chi connectivity index (χ1) is 18.2. The maximum Gasteiger partial charge on any atom is 0.417 e. The molecular formula is C27H31ClF3N7. The average Bonchev–Trinajstić information content (AvgIpc) is 3.55. The van der Waals surface area contributed by atoms with Gasteiger partial charge in [-0.25, -0.2) is 15.0 Å². The maximum atomic E-state index is 13.1. The van der Waals surface area contributed by atoms with Crippen molar-refractivity contribution in [2.75, 3.05) is 19.3 Å². The van der Waals surface area contributed by atoms with E-state index < -0.39 is 11.7 Å². The summed E-state index contributed by atoms with van der Waals surface area (Å²) in [5.74, 6) is 2.51. The molecule has 38 heavy (non-hydrogen) atoms. The standard InChI is InChI=1S/C27H31ClF3N7/c1-37(13-16-2-4-17(10-16)38-7-6-19-25(32)33-14-34-26(19)38)18-8-15(9-18)3-5-24-35-22-11-20(27(29,30)31)21(28)12-23(22)36-24/h6-7,11-12,14-18H,2-5,8-10,13H2,1H3,(H,35,36)(H2,32,33,34)/t15?,16-,17+,18?/m1/s1. The number of hydrogen-bond donors (Lipinski definition) is 2. The van der Waals surface area contributed by atoms with Gasteiger partial charge in [-0.05, 0) is 75.6 Å². The Bertz CT molecular complexity index is 1460. The Hall–Kier alpha value is -2.85. The number of halogens is 4. The molecule has 11 heteroatoms. The second-order valence-corrected chi connectivity index (χ2v) is 11.5. The first-order valence-corrected chi connectivity index (χ1v) is 13.6. The molecule has 2 saturated carbocycles. The summed E-state index contributed by atoms with van der Waals surface area (Å²) >= 11 is 5.84. The Morgan fingerprint density at radius 2 is 1.97 bits per heavy atom. The molecule has 0 spiro atoms. The number of fused-ring (bicyclic) bond motifs is 2. The fourth-order valence-electron chi connectivity index (χ4n) is 6.36. The van der Waals surface area contributed by atoms with Crippen molar-refractivity contribution < 1.29 is 13.2 Å². The van der Waals surface area contributed by atoms with Crippen LogP contribution in [0.15, 0.2) is 30.7 Å². The SMILES string of the molecule is CN(C[C@@H]1CC[C@H](n2ccc3c(N)ncnc32)C1)C1CC(CCc2nc3cc(C(F)(F)F)c(Cl)cc3[nH]2)C1. The van der Waals surface area contributed by atoms with Gasteiger partial charge >= 0.3 is 6.18 Å². The molecule has 0 bridgehead atoms. The highest BCUT2D eigenvalue weighted by molar-refractivity contribution is 6.32. The van der Waals surface area contributed by atoms with Crippen molar-refractivity contribution in [2.24, 2.45) is 11.8 Å². The van der Waals surface area contributed by atoms with Gasteiger partial charge in [-0.3, -0.25) is 0 Å². The van der Waals surface area contributed by atoms with E-state index in [9.17, 15) is 13.2 Å². The zero-order valence-electron chi connectivity index (χ0n) is 21.2. The summed E-state index contributed by atoms with van der Waals surface area (Å²) in [6.07, 6.45) is 6.62. The minimum atomic E-state index is -4.49. The Morgan fingerprint density at radius 3 is 2.76 bits per heavy atom. The molecule has 1 aromatic carbocycles. The quantitative estimate of drug-likeness (QED) is 0.287. The fraction of sp³-hybridized carbons (Fsp3) is 0.519. The van der Waals surface area contributed by atoms with E-state index in [1.165, 1.54) is 18.8 Å². The number of H-pyrrole nitrogens is 1. The van der Waals surface area contributed by atoms with Gasteiger partial charge in [0.15, 0.2) is 0 Å². The minimum Gasteiger partial charge on any atom is -0.383 e. The summed E-state index contributed by atoms with van der Waals surface area (Å²) in [5, 5.41) is 0.616. The lowest BCUT2D eigenvalue weighted by Gasteiger charge is -2.42. The summed E-state index contributed by atoms with van der Waals surface area (Å²) in [7, 11) is 2.23. The van der Waals surface area contributed by atoms with E-state index in [1.807, 2.05) is 6.07 Å². The lowest BCUT2D eigenvalue weighted by atomic mass is 9.76. The van der Waals surface area contributed by atoms with E-state index in [0.717, 1.165) is 62.2 Å². The highest BCUT2D eigenvalue weighted by atomic mass is 35.5. The summed E-state index contributed by atoms with van der Waals surface area (Å²) in [6, 6.07) is 5.39. The molecule has 202 valence electrons. The minimum absolute atomic E-state index is 0.306. The molecule has 4 aromatic rings. The van der Waals surface area contributed by atoms with Gasteiger partial charge in [-0.15, -0.1) is 0 Å². The van der Waals surface area contributed by atoms with Crippen LogP contribution >= 0.6 is 11.6 Å². The topological polar surface area (TPSA) is 88.7 Å². The van der Waals surface area contributed by atoms with Gasteiger partial charge in [0.2, 0.25) is 0 Å². The number of benzene rings is 1. The summed E-state index contributed by atoms with van der Waals surface area (Å²) < 4.78 is 41.7. The van der Waals surface area contributed by atoms with Crippen LogP contribution < -0.4 is 5.73 Å². The van der Waals surface area contributed by atoms with Crippen molar-refractivity contribution in [2.45, 2.75) is 63.2 Å². The Kier molecular flexibility index (Phi) is 6.50. The first-order valence-electron chi connectivity index (χ1n) is 13.2. The number of alkyl halides is 3. The molecule has 0 radical (unpaired) electrons. The zero-order chi connectivity index (χ0) is 26.6. The number of nitrogens with zero attached hydrogens (tertiary/aromatic N) is 5. The van der Waals surface area contributed by atoms with Crippen molar-refractivity contribution in [1.29, 1.82) is 0 Å². The monoisotopic (exact) mass is 545 g/mol. The van der Waals surface area contributed by atoms with Crippen molar-refractivity contribution in [3.05, 3.63) is 47.1 Å². The van der Waals surface area contributed by atoms with Gasteiger partial charge in [0.05, 0.1) is 27.0 Å². The second-order valence-electron chi connectivity index (χ2n) is 11.1. The third kappa shape index (κ3) is 4.84. The Morgan fingerprint density at radius 1 is 1.16 bits per heavy atom. The third-order valence-electron chi connectivity index (χ3n) is 8.54. The number of aromatic amines is 1. The molecular weight excluding hydrogens is 515 g/mol. The number of aryl methyl sites for hydroxylation is 1. The van der Waals surface area contributed by atoms with Crippen LogP contribution in [-0.4, -0.2) is 49.0 Å². The Labute approximate surface area is 223 Å². The molecule has 3 N–H and O–H groups in total. The number of nitrogens with two attached hydrogens (primary N) is 1. The summed E-state index contributed by atoms with van der Waals surface area (Å²) in [5.41, 5.74) is 6.94. The van der Waals surface area contributed by atoms with Crippen LogP contribution in [0.5, 0.6) is 0 Å². The molecule has 3 heterocycles. The maximum absolute atomic E-state index is 13.1. The van der Waals surface area contributed by atoms with E-state index >= 15 is 0 Å². The molecule has 2 aliphatic carbocycles. The van der Waals surface area contributed by atoms with Gasteiger partial charge in [-0.1, -0.05) is 11.6 Å². The fourth-order valence-corrected chi connectivity index (χ4v) is 6.64. The number of nitrogens with one attached hydrogen (secondary N) is 1. The van der Waals surface area contributed by atoms with Gasteiger partial charge in [0, 0.05) is 31.2 Å². The molecule has 2 fully saturated rings. The lowest BCUT2D eigenvalue weighted by Crippen LogP contribution is -2.44. The zero-order valence-corrected chi connectivity index (χ0v) is 21.9. The van der Waals surface area contributed by atoms with Crippen molar-refractivity contribution in [1.82, 2.24) is 29.4 Å². The van der Waals surface area contributed by atoms with Crippen LogP contribution in [0, 0.1) is 11.8 Å². The van der Waals surface area contributed by atoms with E-state index in [0.29, 0.717) is 46.6 Å². The van der Waals surface area contributed by atoms with E-state index in [-0.39, 0.29) is 5.02 Å². The molecule has 6 rings (SSSR count). The van der Waals surface area contributed by atoms with Crippen LogP contribution in [0.25, 0.3) is 22.1 Å². The largest absolute Gasteiger partial charge is 0.417 e. The molecule has 0 aliphatic heterocycles. The summed E-state index contributed by atoms with van der Waals surface area (Å²) in [6.45, 7) is 1.09. The van der Waals surface area contributed by atoms with Gasteiger partial charge in [0.1, 0.15) is 23.6 Å². The van der Waals surface area contributed by atoms with Gasteiger partial charge in [-0.2, -0.15) is 13.2 Å². The average molecular weight is 546 g/mol. The highest BCUT2D eigenvalue weighted by Crippen LogP contribution is 2.40. The second kappa shape index (κ2) is 9.72. The predicted octanol–water partition coefficient (Wildman–Crippen LogP) is 6.25. The molecule has 2 atom stereocenters. The first kappa shape index (κ1) is 25.4. The number of rotatable bonds is 7. The smallest absolute Gasteiger partial charge is 0.383 e. The number of hydrogen-bond acceptors (Lipinski definition) is 5. The normalized spacial score (nSPS) is 24.1. The third-order valence-corrected chi connectivity index (χ3v) is 8.85. The predicted molar refractivity (Wildman–Crippen MR) is 142 cm³/mol. The van der Waals surface area contributed by atoms with Crippen molar-refractivity contribution >= 4 is 39.5 Å². The molecule has 0 amide bonds. The lowest BCUT2D eigenvalue weighted by molar-refractivity contribution is -0.137. The van der Waals surface area contributed by atoms with Crippen molar-refractivity contribution in [3.8, 4) is 0 Å². The highest BCUT2D eigenvalue weighted by Gasteiger charge is 2.36. The number of anilines is 1. The van der Waals surface area contributed by atoms with Crippen molar-refractivity contribution in [3.63, 3.8) is 0 Å². The van der Waals surface area contributed by atoms with Crippen LogP contribution in [-0.2, 0) is 12.6 Å². The van der Waals surface area contributed by atoms with Crippen LogP contribution in [0.1, 0.15) is 56.0 Å². The van der Waals surface area contributed by atoms with Crippen LogP contribution in [0.3, 0.4) is 0 Å². The summed E-state index contributed by atoms with van der Waals surface area (Å²) in [4.78, 5) is 18.6. The number of imidazole rings is 1. The molecule has 2 aliphatic rings. The number of aromatic nitrogens is 5. The van der Waals surface area contributed by atoms with Crippen LogP contribution in [0.2, 0.25) is 5.02 Å². The van der Waals surface area contributed by atoms with Gasteiger partial charge in [0.25, 0.3) is 0 Å². The van der Waals surface area contributed by atoms with E-state index in [1.54, 1.807) is 0 Å². The van der Waals surface area contributed by atoms with E-state index in [2.05, 4.69) is 42.6 Å². The molecule has 3 aromatic heterocycles. The number of nitrogen functional groups attached to an aromatic ring is 1. The van der Waals surface area contributed by atoms with Crippen LogP contribution in [0.4, 0.5) is 19.0 Å². The Balaban J connectivity index is 0.981.